The molecule has 0 spiro atoms. The maximum absolute atomic E-state index is 12.7. The molecule has 0 bridgehead atoms. The third-order valence-electron chi connectivity index (χ3n) is 3.90. The fourth-order valence-electron chi connectivity index (χ4n) is 2.51. The molecule has 1 unspecified atom stereocenters. The van der Waals surface area contributed by atoms with Gasteiger partial charge in [-0.1, -0.05) is 6.07 Å². The Balaban J connectivity index is 2.24. The van der Waals surface area contributed by atoms with E-state index >= 15 is 0 Å². The third kappa shape index (κ3) is 5.05. The van der Waals surface area contributed by atoms with E-state index in [0.29, 0.717) is 30.2 Å². The molecule has 0 saturated heterocycles. The minimum atomic E-state index is -4.37. The Labute approximate surface area is 150 Å². The van der Waals surface area contributed by atoms with Gasteiger partial charge in [-0.05, 0) is 55.6 Å². The van der Waals surface area contributed by atoms with Crippen LogP contribution in [0.25, 0.3) is 0 Å². The molecule has 26 heavy (non-hydrogen) atoms. The first-order valence-corrected chi connectivity index (χ1v) is 8.09. The smallest absolute Gasteiger partial charge is 0.416 e. The molecule has 0 radical (unpaired) electrons. The van der Waals surface area contributed by atoms with E-state index in [4.69, 9.17) is 14.2 Å². The summed E-state index contributed by atoms with van der Waals surface area (Å²) >= 11 is 0. The lowest BCUT2D eigenvalue weighted by atomic mass is 10.1. The molecular formula is C19H22F3NO3. The van der Waals surface area contributed by atoms with E-state index in [1.807, 2.05) is 19.2 Å². The van der Waals surface area contributed by atoms with Gasteiger partial charge in [-0.2, -0.15) is 13.2 Å². The van der Waals surface area contributed by atoms with Gasteiger partial charge in [0.05, 0.1) is 19.8 Å². The highest BCUT2D eigenvalue weighted by Gasteiger charge is 2.30. The van der Waals surface area contributed by atoms with Crippen LogP contribution in [-0.4, -0.2) is 27.8 Å². The number of alkyl halides is 3. The summed E-state index contributed by atoms with van der Waals surface area (Å²) in [6, 6.07) is 10.1. The Morgan fingerprint density at radius 1 is 0.962 bits per heavy atom. The van der Waals surface area contributed by atoms with Gasteiger partial charge in [-0.3, -0.25) is 0 Å². The quantitative estimate of drug-likeness (QED) is 0.746. The van der Waals surface area contributed by atoms with Gasteiger partial charge in [-0.15, -0.1) is 0 Å². The van der Waals surface area contributed by atoms with Crippen LogP contribution in [0.4, 0.5) is 13.2 Å². The van der Waals surface area contributed by atoms with Gasteiger partial charge in [0.25, 0.3) is 0 Å². The predicted molar refractivity (Wildman–Crippen MR) is 92.9 cm³/mol. The van der Waals surface area contributed by atoms with Gasteiger partial charge in [0, 0.05) is 6.42 Å². The standard InChI is InChI=1S/C19H22F3NO3/c1-23-11-10-16(13-4-9-17(24-2)18(12-13)25-3)26-15-7-5-14(6-8-15)19(20,21)22/h4-9,12,16,23H,10-11H2,1-3H3. The second-order valence-electron chi connectivity index (χ2n) is 5.64. The van der Waals surface area contributed by atoms with Crippen LogP contribution in [-0.2, 0) is 6.18 Å². The zero-order valence-electron chi connectivity index (χ0n) is 14.9. The Morgan fingerprint density at radius 2 is 1.62 bits per heavy atom. The second kappa shape index (κ2) is 8.80. The van der Waals surface area contributed by atoms with Gasteiger partial charge >= 0.3 is 6.18 Å². The molecule has 2 aromatic carbocycles. The zero-order chi connectivity index (χ0) is 19.2. The van der Waals surface area contributed by atoms with Crippen LogP contribution in [0.15, 0.2) is 42.5 Å². The highest BCUT2D eigenvalue weighted by atomic mass is 19.4. The first kappa shape index (κ1) is 19.9. The molecular weight excluding hydrogens is 347 g/mol. The highest BCUT2D eigenvalue weighted by molar-refractivity contribution is 5.44. The molecule has 7 heteroatoms. The van der Waals surface area contributed by atoms with Crippen LogP contribution in [0.2, 0.25) is 0 Å². The number of nitrogens with one attached hydrogen (secondary N) is 1. The number of ether oxygens (including phenoxy) is 3. The van der Waals surface area contributed by atoms with Crippen LogP contribution < -0.4 is 19.5 Å². The van der Waals surface area contributed by atoms with Gasteiger partial charge in [0.2, 0.25) is 0 Å². The van der Waals surface area contributed by atoms with Crippen molar-refractivity contribution in [3.63, 3.8) is 0 Å². The van der Waals surface area contributed by atoms with E-state index < -0.39 is 11.7 Å². The second-order valence-corrected chi connectivity index (χ2v) is 5.64. The molecule has 0 fully saturated rings. The molecule has 0 aromatic heterocycles. The van der Waals surface area contributed by atoms with Crippen LogP contribution in [0.5, 0.6) is 17.2 Å². The summed E-state index contributed by atoms with van der Waals surface area (Å²) in [5.74, 6) is 1.53. The molecule has 0 saturated carbocycles. The first-order chi connectivity index (χ1) is 12.4. The van der Waals surface area contributed by atoms with E-state index in [-0.39, 0.29) is 6.10 Å². The van der Waals surface area contributed by atoms with E-state index in [1.165, 1.54) is 12.1 Å². The van der Waals surface area contributed by atoms with Crippen molar-refractivity contribution in [1.29, 1.82) is 0 Å². The summed E-state index contributed by atoms with van der Waals surface area (Å²) in [6.07, 6.45) is -4.08. The van der Waals surface area contributed by atoms with Gasteiger partial charge < -0.3 is 19.5 Å². The number of benzene rings is 2. The minimum Gasteiger partial charge on any atom is -0.493 e. The van der Waals surface area contributed by atoms with E-state index in [1.54, 1.807) is 20.3 Å². The molecule has 0 aliphatic heterocycles. The zero-order valence-corrected chi connectivity index (χ0v) is 14.9. The van der Waals surface area contributed by atoms with Crippen LogP contribution >= 0.6 is 0 Å². The third-order valence-corrected chi connectivity index (χ3v) is 3.90. The van der Waals surface area contributed by atoms with Gasteiger partial charge in [0.1, 0.15) is 11.9 Å². The molecule has 0 aliphatic carbocycles. The first-order valence-electron chi connectivity index (χ1n) is 8.09. The van der Waals surface area contributed by atoms with Crippen molar-refractivity contribution >= 4 is 0 Å². The highest BCUT2D eigenvalue weighted by Crippen LogP contribution is 2.34. The van der Waals surface area contributed by atoms with Gasteiger partial charge in [0.15, 0.2) is 11.5 Å². The van der Waals surface area contributed by atoms with Crippen LogP contribution in [0.3, 0.4) is 0 Å². The molecule has 2 aromatic rings. The van der Waals surface area contributed by atoms with Gasteiger partial charge in [-0.25, -0.2) is 0 Å². The fourth-order valence-corrected chi connectivity index (χ4v) is 2.51. The maximum atomic E-state index is 12.7. The Kier molecular flexibility index (Phi) is 6.74. The summed E-state index contributed by atoms with van der Waals surface area (Å²) < 4.78 is 54.6. The monoisotopic (exact) mass is 369 g/mol. The van der Waals surface area contributed by atoms with E-state index in [9.17, 15) is 13.2 Å². The van der Waals surface area contributed by atoms with Crippen molar-refractivity contribution in [3.05, 3.63) is 53.6 Å². The molecule has 1 N–H and O–H groups in total. The number of methoxy groups -OCH3 is 2. The number of hydrogen-bond donors (Lipinski definition) is 1. The predicted octanol–water partition coefficient (Wildman–Crippen LogP) is 4.45. The SMILES string of the molecule is CNCCC(Oc1ccc(C(F)(F)F)cc1)c1ccc(OC)c(OC)c1. The summed E-state index contributed by atoms with van der Waals surface area (Å²) in [5, 5.41) is 3.05. The van der Waals surface area contributed by atoms with Crippen molar-refractivity contribution in [2.75, 3.05) is 27.8 Å². The lowest BCUT2D eigenvalue weighted by Gasteiger charge is -2.21. The number of rotatable bonds is 8. The average molecular weight is 369 g/mol. The Morgan fingerprint density at radius 3 is 2.15 bits per heavy atom. The van der Waals surface area contributed by atoms with Crippen molar-refractivity contribution in [2.24, 2.45) is 0 Å². The summed E-state index contributed by atoms with van der Waals surface area (Å²) in [7, 11) is 4.92. The Bertz CT molecular complexity index is 702. The fraction of sp³-hybridized carbons (Fsp3) is 0.368. The van der Waals surface area contributed by atoms with Crippen molar-refractivity contribution < 1.29 is 27.4 Å². The van der Waals surface area contributed by atoms with E-state index in [0.717, 1.165) is 17.7 Å². The minimum absolute atomic E-state index is 0.348. The largest absolute Gasteiger partial charge is 0.493 e. The van der Waals surface area contributed by atoms with Crippen molar-refractivity contribution in [1.82, 2.24) is 5.32 Å². The normalized spacial score (nSPS) is 12.5. The van der Waals surface area contributed by atoms with Crippen molar-refractivity contribution in [2.45, 2.75) is 18.7 Å². The summed E-state index contributed by atoms with van der Waals surface area (Å²) in [4.78, 5) is 0. The Hall–Kier alpha value is -2.41. The average Bonchev–Trinajstić information content (AvgIpc) is 2.64. The summed E-state index contributed by atoms with van der Waals surface area (Å²) in [5.41, 5.74) is 0.139. The van der Waals surface area contributed by atoms with Crippen LogP contribution in [0, 0.1) is 0 Å². The number of hydrogen-bond acceptors (Lipinski definition) is 4. The van der Waals surface area contributed by atoms with E-state index in [2.05, 4.69) is 5.32 Å². The molecule has 0 aliphatic rings. The van der Waals surface area contributed by atoms with Crippen molar-refractivity contribution in [3.8, 4) is 17.2 Å². The molecule has 2 rings (SSSR count). The molecule has 142 valence electrons. The summed E-state index contributed by atoms with van der Waals surface area (Å²) in [6.45, 7) is 0.680. The molecule has 0 heterocycles. The lowest BCUT2D eigenvalue weighted by Crippen LogP contribution is -2.16. The van der Waals surface area contributed by atoms with Crippen LogP contribution in [0.1, 0.15) is 23.7 Å². The number of halogens is 3. The molecule has 1 atom stereocenters. The molecule has 0 amide bonds. The molecule has 4 nitrogen and oxygen atoms in total. The topological polar surface area (TPSA) is 39.7 Å². The maximum Gasteiger partial charge on any atom is 0.416 e. The lowest BCUT2D eigenvalue weighted by molar-refractivity contribution is -0.137.